The third-order valence-corrected chi connectivity index (χ3v) is 4.05. The van der Waals surface area contributed by atoms with E-state index >= 15 is 0 Å². The molecule has 0 bridgehead atoms. The zero-order chi connectivity index (χ0) is 20.0. The van der Waals surface area contributed by atoms with Crippen LogP contribution in [0.2, 0.25) is 0 Å². The quantitative estimate of drug-likeness (QED) is 0.376. The number of hydrogen-bond donors (Lipinski definition) is 0. The first kappa shape index (κ1) is 19.4. The van der Waals surface area contributed by atoms with Crippen molar-refractivity contribution in [3.8, 4) is 5.75 Å². The molecule has 0 heterocycles. The Morgan fingerprint density at radius 1 is 0.857 bits per heavy atom. The number of ether oxygens (including phenoxy) is 1. The van der Waals surface area contributed by atoms with Gasteiger partial charge in [0, 0.05) is 5.56 Å². The first-order valence-corrected chi connectivity index (χ1v) is 8.58. The number of halogens is 3. The van der Waals surface area contributed by atoms with Gasteiger partial charge in [-0.05, 0) is 41.5 Å². The summed E-state index contributed by atoms with van der Waals surface area (Å²) in [7, 11) is 0. The molecule has 0 fully saturated rings. The number of allylic oxidation sites excluding steroid dienone is 1. The van der Waals surface area contributed by atoms with Gasteiger partial charge in [-0.2, -0.15) is 13.2 Å². The third kappa shape index (κ3) is 5.33. The number of carbonyl (C=O) groups is 1. The molecule has 0 saturated carbocycles. The summed E-state index contributed by atoms with van der Waals surface area (Å²) in [6.07, 6.45) is -1.47. The van der Waals surface area contributed by atoms with E-state index in [1.54, 1.807) is 30.3 Å². The van der Waals surface area contributed by atoms with Crippen LogP contribution in [0.25, 0.3) is 6.08 Å². The van der Waals surface area contributed by atoms with Crippen LogP contribution in [0.4, 0.5) is 13.2 Å². The van der Waals surface area contributed by atoms with Gasteiger partial charge in [-0.25, -0.2) is 0 Å². The van der Waals surface area contributed by atoms with Crippen molar-refractivity contribution in [1.82, 2.24) is 0 Å². The molecule has 0 aliphatic carbocycles. The second kappa shape index (κ2) is 8.57. The van der Waals surface area contributed by atoms with Crippen molar-refractivity contribution in [2.45, 2.75) is 12.8 Å². The molecule has 0 aliphatic heterocycles. The Hall–Kier alpha value is -3.34. The number of alkyl halides is 3. The van der Waals surface area contributed by atoms with Gasteiger partial charge in [0.1, 0.15) is 12.4 Å². The summed E-state index contributed by atoms with van der Waals surface area (Å²) in [5.41, 5.74) is 1.27. The van der Waals surface area contributed by atoms with Crippen molar-refractivity contribution in [1.29, 1.82) is 0 Å². The van der Waals surface area contributed by atoms with Crippen molar-refractivity contribution in [3.05, 3.63) is 107 Å². The average Bonchev–Trinajstić information content (AvgIpc) is 2.71. The Bertz CT molecular complexity index is 942. The minimum Gasteiger partial charge on any atom is -0.489 e. The highest BCUT2D eigenvalue weighted by Crippen LogP contribution is 2.29. The molecule has 0 radical (unpaired) electrons. The summed E-state index contributed by atoms with van der Waals surface area (Å²) in [5, 5.41) is 0. The van der Waals surface area contributed by atoms with E-state index in [1.165, 1.54) is 18.2 Å². The van der Waals surface area contributed by atoms with Crippen molar-refractivity contribution < 1.29 is 22.7 Å². The van der Waals surface area contributed by atoms with Gasteiger partial charge in [-0.3, -0.25) is 4.79 Å². The summed E-state index contributed by atoms with van der Waals surface area (Å²) in [6.45, 7) is 0.461. The Kier molecular flexibility index (Phi) is 5.94. The third-order valence-electron chi connectivity index (χ3n) is 4.05. The van der Waals surface area contributed by atoms with Gasteiger partial charge in [-0.15, -0.1) is 0 Å². The number of hydrogen-bond acceptors (Lipinski definition) is 2. The number of carbonyl (C=O) groups excluding carboxylic acids is 1. The molecule has 0 atom stereocenters. The molecule has 2 nitrogen and oxygen atoms in total. The molecule has 0 amide bonds. The van der Waals surface area contributed by atoms with Crippen LogP contribution < -0.4 is 4.74 Å². The molecule has 28 heavy (non-hydrogen) atoms. The lowest BCUT2D eigenvalue weighted by Gasteiger charge is -2.06. The second-order valence-corrected chi connectivity index (χ2v) is 6.12. The molecule has 0 aromatic heterocycles. The van der Waals surface area contributed by atoms with Crippen LogP contribution in [0.3, 0.4) is 0 Å². The first-order valence-electron chi connectivity index (χ1n) is 8.58. The minimum atomic E-state index is -4.41. The lowest BCUT2D eigenvalue weighted by atomic mass is 10.1. The fourth-order valence-corrected chi connectivity index (χ4v) is 2.51. The van der Waals surface area contributed by atoms with Crippen LogP contribution in [-0.2, 0) is 12.8 Å². The average molecular weight is 382 g/mol. The van der Waals surface area contributed by atoms with E-state index in [0.717, 1.165) is 23.3 Å². The van der Waals surface area contributed by atoms with Crippen LogP contribution in [0.15, 0.2) is 84.9 Å². The maximum atomic E-state index is 12.6. The van der Waals surface area contributed by atoms with E-state index in [0.29, 0.717) is 12.4 Å². The van der Waals surface area contributed by atoms with Crippen LogP contribution in [0.5, 0.6) is 5.75 Å². The number of ketones is 1. The standard InChI is InChI=1S/C23H17F3O2/c24-23(25,26)20-11-9-19(10-12-20)22(27)15-8-17-6-13-21(14-7-17)28-16-18-4-2-1-3-5-18/h1-15H,16H2. The van der Waals surface area contributed by atoms with Crippen molar-refractivity contribution in [3.63, 3.8) is 0 Å². The largest absolute Gasteiger partial charge is 0.489 e. The van der Waals surface area contributed by atoms with E-state index < -0.39 is 11.7 Å². The van der Waals surface area contributed by atoms with Gasteiger partial charge in [0.2, 0.25) is 0 Å². The Morgan fingerprint density at radius 2 is 1.50 bits per heavy atom. The molecule has 0 unspecified atom stereocenters. The lowest BCUT2D eigenvalue weighted by Crippen LogP contribution is -2.05. The second-order valence-electron chi connectivity index (χ2n) is 6.12. The molecular weight excluding hydrogens is 365 g/mol. The monoisotopic (exact) mass is 382 g/mol. The van der Waals surface area contributed by atoms with Gasteiger partial charge >= 0.3 is 6.18 Å². The maximum absolute atomic E-state index is 12.6. The molecule has 0 N–H and O–H groups in total. The van der Waals surface area contributed by atoms with Gasteiger partial charge in [0.25, 0.3) is 0 Å². The highest BCUT2D eigenvalue weighted by atomic mass is 19.4. The summed E-state index contributed by atoms with van der Waals surface area (Å²) in [6, 6.07) is 21.1. The Labute approximate surface area is 160 Å². The normalized spacial score (nSPS) is 11.5. The molecule has 3 aromatic carbocycles. The lowest BCUT2D eigenvalue weighted by molar-refractivity contribution is -0.137. The zero-order valence-corrected chi connectivity index (χ0v) is 14.8. The van der Waals surface area contributed by atoms with Crippen molar-refractivity contribution >= 4 is 11.9 Å². The summed E-state index contributed by atoms with van der Waals surface area (Å²) < 4.78 is 43.4. The Balaban J connectivity index is 1.58. The number of rotatable bonds is 6. The topological polar surface area (TPSA) is 26.3 Å². The minimum absolute atomic E-state index is 0.201. The summed E-state index contributed by atoms with van der Waals surface area (Å²) in [5.74, 6) is 0.341. The molecule has 0 saturated heterocycles. The molecule has 3 rings (SSSR count). The van der Waals surface area contributed by atoms with E-state index in [1.807, 2.05) is 30.3 Å². The zero-order valence-electron chi connectivity index (χ0n) is 14.8. The van der Waals surface area contributed by atoms with Gasteiger partial charge in [0.15, 0.2) is 5.78 Å². The van der Waals surface area contributed by atoms with Gasteiger partial charge < -0.3 is 4.74 Å². The van der Waals surface area contributed by atoms with Gasteiger partial charge in [-0.1, -0.05) is 60.7 Å². The van der Waals surface area contributed by atoms with Crippen molar-refractivity contribution in [2.75, 3.05) is 0 Å². The molecule has 142 valence electrons. The maximum Gasteiger partial charge on any atom is 0.416 e. The first-order chi connectivity index (χ1) is 13.4. The molecule has 0 aliphatic rings. The van der Waals surface area contributed by atoms with Crippen LogP contribution >= 0.6 is 0 Å². The Morgan fingerprint density at radius 3 is 2.11 bits per heavy atom. The smallest absolute Gasteiger partial charge is 0.416 e. The molecule has 3 aromatic rings. The summed E-state index contributed by atoms with van der Waals surface area (Å²) >= 11 is 0. The molecule has 5 heteroatoms. The molecular formula is C23H17F3O2. The van der Waals surface area contributed by atoms with E-state index in [9.17, 15) is 18.0 Å². The predicted molar refractivity (Wildman–Crippen MR) is 102 cm³/mol. The van der Waals surface area contributed by atoms with Crippen LogP contribution in [-0.4, -0.2) is 5.78 Å². The predicted octanol–water partition coefficient (Wildman–Crippen LogP) is 6.18. The van der Waals surface area contributed by atoms with Gasteiger partial charge in [0.05, 0.1) is 5.56 Å². The van der Waals surface area contributed by atoms with Crippen LogP contribution in [0.1, 0.15) is 27.0 Å². The van der Waals surface area contributed by atoms with E-state index in [4.69, 9.17) is 4.74 Å². The molecule has 0 spiro atoms. The SMILES string of the molecule is O=C(C=Cc1ccc(OCc2ccccc2)cc1)c1ccc(C(F)(F)F)cc1. The van der Waals surface area contributed by atoms with Crippen LogP contribution in [0, 0.1) is 0 Å². The summed E-state index contributed by atoms with van der Waals surface area (Å²) in [4.78, 5) is 12.1. The van der Waals surface area contributed by atoms with E-state index in [2.05, 4.69) is 0 Å². The van der Waals surface area contributed by atoms with Crippen molar-refractivity contribution in [2.24, 2.45) is 0 Å². The highest BCUT2D eigenvalue weighted by molar-refractivity contribution is 6.06. The highest BCUT2D eigenvalue weighted by Gasteiger charge is 2.30. The number of benzene rings is 3. The fraction of sp³-hybridized carbons (Fsp3) is 0.0870. The fourth-order valence-electron chi connectivity index (χ4n) is 2.51. The van der Waals surface area contributed by atoms with E-state index in [-0.39, 0.29) is 11.3 Å².